The number of hydrogen-bond donors (Lipinski definition) is 1. The molecule has 1 aliphatic heterocycles. The van der Waals surface area contributed by atoms with Gasteiger partial charge >= 0.3 is 12.0 Å². The number of aliphatic carboxylic acids is 1. The average molecular weight is 240 g/mol. The maximum atomic E-state index is 12.2. The lowest BCUT2D eigenvalue weighted by Gasteiger charge is -2.37. The number of hydrogen-bond acceptors (Lipinski definition) is 2. The van der Waals surface area contributed by atoms with E-state index in [0.717, 1.165) is 32.1 Å². The summed E-state index contributed by atoms with van der Waals surface area (Å²) in [7, 11) is 1.83. The van der Waals surface area contributed by atoms with E-state index in [1.165, 1.54) is 0 Å². The van der Waals surface area contributed by atoms with Gasteiger partial charge in [0.2, 0.25) is 0 Å². The molecule has 5 heteroatoms. The van der Waals surface area contributed by atoms with Gasteiger partial charge in [-0.2, -0.15) is 0 Å². The number of carboxylic acid groups (broad SMARTS) is 1. The van der Waals surface area contributed by atoms with Crippen LogP contribution in [0.2, 0.25) is 0 Å². The zero-order valence-electron chi connectivity index (χ0n) is 10.3. The maximum Gasteiger partial charge on any atom is 0.320 e. The van der Waals surface area contributed by atoms with Gasteiger partial charge in [0, 0.05) is 25.7 Å². The number of carboxylic acids is 1. The van der Waals surface area contributed by atoms with Gasteiger partial charge in [-0.3, -0.25) is 4.79 Å². The number of carbonyl (C=O) groups excluding carboxylic acids is 1. The van der Waals surface area contributed by atoms with Crippen molar-refractivity contribution < 1.29 is 14.7 Å². The van der Waals surface area contributed by atoms with E-state index in [2.05, 4.69) is 0 Å². The summed E-state index contributed by atoms with van der Waals surface area (Å²) in [6, 6.07) is 0.281. The van der Waals surface area contributed by atoms with Crippen molar-refractivity contribution in [2.75, 3.05) is 13.6 Å². The number of amides is 2. The molecule has 1 saturated carbocycles. The van der Waals surface area contributed by atoms with Gasteiger partial charge in [-0.25, -0.2) is 4.79 Å². The molecular formula is C12H20N2O3. The van der Waals surface area contributed by atoms with Crippen molar-refractivity contribution in [1.82, 2.24) is 9.80 Å². The molecule has 0 bridgehead atoms. The smallest absolute Gasteiger partial charge is 0.320 e. The molecule has 2 fully saturated rings. The number of piperidine rings is 1. The zero-order valence-corrected chi connectivity index (χ0v) is 10.3. The second-order valence-electron chi connectivity index (χ2n) is 5.07. The van der Waals surface area contributed by atoms with Gasteiger partial charge in [0.15, 0.2) is 0 Å². The highest BCUT2D eigenvalue weighted by atomic mass is 16.4. The first-order valence-electron chi connectivity index (χ1n) is 6.35. The molecule has 0 aromatic heterocycles. The number of carbonyl (C=O) groups is 2. The Morgan fingerprint density at radius 2 is 2.00 bits per heavy atom. The third-order valence-electron chi connectivity index (χ3n) is 3.68. The first-order chi connectivity index (χ1) is 8.09. The minimum absolute atomic E-state index is 0.0125. The molecule has 1 unspecified atom stereocenters. The molecule has 1 heterocycles. The summed E-state index contributed by atoms with van der Waals surface area (Å²) in [6.45, 7) is 0.702. The predicted octanol–water partition coefficient (Wildman–Crippen LogP) is 1.53. The van der Waals surface area contributed by atoms with E-state index in [9.17, 15) is 9.59 Å². The lowest BCUT2D eigenvalue weighted by Crippen LogP contribution is -2.50. The monoisotopic (exact) mass is 240 g/mol. The lowest BCUT2D eigenvalue weighted by molar-refractivity contribution is -0.138. The Kier molecular flexibility index (Phi) is 3.54. The number of nitrogens with zero attached hydrogens (tertiary/aromatic N) is 2. The van der Waals surface area contributed by atoms with Crippen LogP contribution < -0.4 is 0 Å². The molecule has 1 aliphatic carbocycles. The fourth-order valence-corrected chi connectivity index (χ4v) is 2.49. The van der Waals surface area contributed by atoms with Crippen molar-refractivity contribution in [2.45, 2.75) is 50.6 Å². The minimum Gasteiger partial charge on any atom is -0.481 e. The van der Waals surface area contributed by atoms with Crippen molar-refractivity contribution in [3.63, 3.8) is 0 Å². The van der Waals surface area contributed by atoms with Gasteiger partial charge in [-0.1, -0.05) is 0 Å². The highest BCUT2D eigenvalue weighted by Gasteiger charge is 2.35. The van der Waals surface area contributed by atoms with Crippen LogP contribution in [0.5, 0.6) is 0 Å². The molecule has 1 N–H and O–H groups in total. The molecule has 2 aliphatic rings. The molecule has 5 nitrogen and oxygen atoms in total. The van der Waals surface area contributed by atoms with Gasteiger partial charge < -0.3 is 14.9 Å². The maximum absolute atomic E-state index is 12.2. The van der Waals surface area contributed by atoms with Crippen LogP contribution >= 0.6 is 0 Å². The van der Waals surface area contributed by atoms with Crippen LogP contribution in [0.4, 0.5) is 4.79 Å². The summed E-state index contributed by atoms with van der Waals surface area (Å²) in [5.41, 5.74) is 0. The van der Waals surface area contributed by atoms with Crippen molar-refractivity contribution >= 4 is 12.0 Å². The van der Waals surface area contributed by atoms with Crippen LogP contribution in [0.15, 0.2) is 0 Å². The Bertz CT molecular complexity index is 315. The van der Waals surface area contributed by atoms with E-state index in [1.54, 1.807) is 9.80 Å². The Morgan fingerprint density at radius 1 is 1.29 bits per heavy atom. The molecular weight excluding hydrogens is 220 g/mol. The van der Waals surface area contributed by atoms with Crippen molar-refractivity contribution in [3.8, 4) is 0 Å². The Morgan fingerprint density at radius 3 is 2.59 bits per heavy atom. The summed E-state index contributed by atoms with van der Waals surface area (Å²) in [6.07, 6.45) is 5.06. The largest absolute Gasteiger partial charge is 0.481 e. The standard InChI is InChI=1S/C12H20N2O3/c1-13(9-5-6-9)12(17)14-7-3-2-4-10(14)8-11(15)16/h9-10H,2-8H2,1H3,(H,15,16). The van der Waals surface area contributed by atoms with Crippen LogP contribution in [0.1, 0.15) is 38.5 Å². The summed E-state index contributed by atoms with van der Waals surface area (Å²) in [4.78, 5) is 26.6. The van der Waals surface area contributed by atoms with Crippen LogP contribution in [0, 0.1) is 0 Å². The van der Waals surface area contributed by atoms with E-state index < -0.39 is 5.97 Å². The highest BCUT2D eigenvalue weighted by molar-refractivity contribution is 5.76. The summed E-state index contributed by atoms with van der Waals surface area (Å²) < 4.78 is 0. The Hall–Kier alpha value is -1.26. The van der Waals surface area contributed by atoms with E-state index in [1.807, 2.05) is 7.05 Å². The third-order valence-corrected chi connectivity index (χ3v) is 3.68. The molecule has 96 valence electrons. The van der Waals surface area contributed by atoms with Gasteiger partial charge in [0.1, 0.15) is 0 Å². The van der Waals surface area contributed by atoms with Crippen LogP contribution in [-0.2, 0) is 4.79 Å². The number of urea groups is 1. The minimum atomic E-state index is -0.816. The molecule has 2 amide bonds. The van der Waals surface area contributed by atoms with Crippen molar-refractivity contribution in [1.29, 1.82) is 0 Å². The van der Waals surface area contributed by atoms with Crippen LogP contribution in [0.3, 0.4) is 0 Å². The van der Waals surface area contributed by atoms with E-state index >= 15 is 0 Å². The molecule has 1 saturated heterocycles. The quantitative estimate of drug-likeness (QED) is 0.813. The molecule has 0 spiro atoms. The summed E-state index contributed by atoms with van der Waals surface area (Å²) in [5, 5.41) is 8.87. The highest BCUT2D eigenvalue weighted by Crippen LogP contribution is 2.28. The van der Waals surface area contributed by atoms with Gasteiger partial charge in [0.25, 0.3) is 0 Å². The normalized spacial score (nSPS) is 24.5. The number of rotatable bonds is 3. The first-order valence-corrected chi connectivity index (χ1v) is 6.35. The molecule has 0 aromatic rings. The van der Waals surface area contributed by atoms with Gasteiger partial charge in [0.05, 0.1) is 6.42 Å². The van der Waals surface area contributed by atoms with E-state index in [4.69, 9.17) is 5.11 Å². The van der Waals surface area contributed by atoms with Crippen LogP contribution in [0.25, 0.3) is 0 Å². The third kappa shape index (κ3) is 2.90. The van der Waals surface area contributed by atoms with Gasteiger partial charge in [-0.15, -0.1) is 0 Å². The van der Waals surface area contributed by atoms with Crippen molar-refractivity contribution in [2.24, 2.45) is 0 Å². The van der Waals surface area contributed by atoms with Crippen molar-refractivity contribution in [3.05, 3.63) is 0 Å². The predicted molar refractivity (Wildman–Crippen MR) is 62.8 cm³/mol. The first kappa shape index (κ1) is 12.2. The van der Waals surface area contributed by atoms with E-state index in [-0.39, 0.29) is 18.5 Å². The second kappa shape index (κ2) is 4.94. The molecule has 17 heavy (non-hydrogen) atoms. The Labute approximate surface area is 101 Å². The average Bonchev–Trinajstić information content (AvgIpc) is 3.11. The van der Waals surface area contributed by atoms with Crippen LogP contribution in [-0.4, -0.2) is 52.6 Å². The topological polar surface area (TPSA) is 60.9 Å². The summed E-state index contributed by atoms with van der Waals surface area (Å²) >= 11 is 0. The lowest BCUT2D eigenvalue weighted by atomic mass is 10.00. The fourth-order valence-electron chi connectivity index (χ4n) is 2.49. The SMILES string of the molecule is CN(C(=O)N1CCCCC1CC(=O)O)C1CC1. The molecule has 0 aromatic carbocycles. The molecule has 0 radical (unpaired) electrons. The molecule has 1 atom stereocenters. The second-order valence-corrected chi connectivity index (χ2v) is 5.07. The number of likely N-dealkylation sites (tertiary alicyclic amines) is 1. The molecule has 2 rings (SSSR count). The van der Waals surface area contributed by atoms with E-state index in [0.29, 0.717) is 12.6 Å². The summed E-state index contributed by atoms with van der Waals surface area (Å²) in [5.74, 6) is -0.816. The van der Waals surface area contributed by atoms with Gasteiger partial charge in [-0.05, 0) is 32.1 Å². The zero-order chi connectivity index (χ0) is 12.4. The fraction of sp³-hybridized carbons (Fsp3) is 0.833. The Balaban J connectivity index is 1.99.